The van der Waals surface area contributed by atoms with E-state index in [4.69, 9.17) is 4.74 Å². The minimum Gasteiger partial charge on any atom is -0.487 e. The highest BCUT2D eigenvalue weighted by atomic mass is 79.9. The van der Waals surface area contributed by atoms with Crippen LogP contribution in [-0.2, 0) is 0 Å². The molecule has 21 heavy (non-hydrogen) atoms. The van der Waals surface area contributed by atoms with E-state index in [0.717, 1.165) is 16.6 Å². The van der Waals surface area contributed by atoms with Crippen LogP contribution in [0, 0.1) is 6.92 Å². The van der Waals surface area contributed by atoms with E-state index in [0.29, 0.717) is 0 Å². The number of aryl methyl sites for hydroxylation is 1. The Morgan fingerprint density at radius 3 is 2.71 bits per heavy atom. The van der Waals surface area contributed by atoms with E-state index in [9.17, 15) is 0 Å². The average molecular weight is 346 g/mol. The summed E-state index contributed by atoms with van der Waals surface area (Å²) >= 11 is 3.52. The van der Waals surface area contributed by atoms with Crippen molar-refractivity contribution in [2.45, 2.75) is 38.8 Å². The highest BCUT2D eigenvalue weighted by Crippen LogP contribution is 2.41. The molecular weight excluding hydrogens is 326 g/mol. The van der Waals surface area contributed by atoms with E-state index in [-0.39, 0.29) is 11.6 Å². The van der Waals surface area contributed by atoms with Gasteiger partial charge in [-0.05, 0) is 50.6 Å². The molecule has 0 aliphatic carbocycles. The Morgan fingerprint density at radius 1 is 1.19 bits per heavy atom. The molecule has 2 aromatic rings. The molecule has 3 rings (SSSR count). The highest BCUT2D eigenvalue weighted by Gasteiger charge is 2.33. The Kier molecular flexibility index (Phi) is 3.70. The van der Waals surface area contributed by atoms with E-state index < -0.39 is 0 Å². The molecular formula is C18H20BrNO. The van der Waals surface area contributed by atoms with Crippen LogP contribution >= 0.6 is 15.9 Å². The van der Waals surface area contributed by atoms with Gasteiger partial charge in [0.1, 0.15) is 11.4 Å². The number of halogens is 1. The van der Waals surface area contributed by atoms with Gasteiger partial charge in [0.25, 0.3) is 0 Å². The molecule has 1 unspecified atom stereocenters. The molecule has 2 aromatic carbocycles. The molecule has 1 heterocycles. The largest absolute Gasteiger partial charge is 0.487 e. The number of hydrogen-bond acceptors (Lipinski definition) is 2. The molecule has 0 spiro atoms. The molecule has 0 saturated heterocycles. The van der Waals surface area contributed by atoms with Gasteiger partial charge in [0.2, 0.25) is 0 Å². The van der Waals surface area contributed by atoms with Crippen molar-refractivity contribution in [1.82, 2.24) is 0 Å². The maximum Gasteiger partial charge on any atom is 0.125 e. The summed E-state index contributed by atoms with van der Waals surface area (Å²) in [7, 11) is 0. The van der Waals surface area contributed by atoms with Crippen molar-refractivity contribution in [2.24, 2.45) is 0 Å². The third kappa shape index (κ3) is 3.08. The number of rotatable bonds is 2. The van der Waals surface area contributed by atoms with Crippen molar-refractivity contribution >= 4 is 21.6 Å². The minimum absolute atomic E-state index is 0.157. The molecule has 0 bridgehead atoms. The predicted molar refractivity (Wildman–Crippen MR) is 91.0 cm³/mol. The normalized spacial score (nSPS) is 19.5. The summed E-state index contributed by atoms with van der Waals surface area (Å²) < 4.78 is 7.20. The molecule has 110 valence electrons. The van der Waals surface area contributed by atoms with E-state index in [1.165, 1.54) is 16.8 Å². The van der Waals surface area contributed by atoms with Crippen molar-refractivity contribution in [3.63, 3.8) is 0 Å². The van der Waals surface area contributed by atoms with Crippen molar-refractivity contribution < 1.29 is 4.74 Å². The topological polar surface area (TPSA) is 21.3 Å². The molecule has 1 atom stereocenters. The van der Waals surface area contributed by atoms with E-state index in [2.05, 4.69) is 78.4 Å². The molecule has 3 heteroatoms. The van der Waals surface area contributed by atoms with Gasteiger partial charge in [0.15, 0.2) is 0 Å². The Balaban J connectivity index is 1.94. The van der Waals surface area contributed by atoms with Crippen LogP contribution < -0.4 is 10.1 Å². The van der Waals surface area contributed by atoms with Gasteiger partial charge < -0.3 is 10.1 Å². The summed E-state index contributed by atoms with van der Waals surface area (Å²) in [4.78, 5) is 0. The van der Waals surface area contributed by atoms with Gasteiger partial charge >= 0.3 is 0 Å². The predicted octanol–water partition coefficient (Wildman–Crippen LogP) is 5.47. The SMILES string of the molecule is Cc1cc(Br)ccc1NC1CC(C)(C)Oc2ccccc21. The first kappa shape index (κ1) is 14.5. The highest BCUT2D eigenvalue weighted by molar-refractivity contribution is 9.10. The van der Waals surface area contributed by atoms with Crippen LogP contribution in [0.15, 0.2) is 46.9 Å². The van der Waals surface area contributed by atoms with Crippen molar-refractivity contribution in [1.29, 1.82) is 0 Å². The summed E-state index contributed by atoms with van der Waals surface area (Å²) in [5.74, 6) is 0.987. The smallest absolute Gasteiger partial charge is 0.125 e. The number of para-hydroxylation sites is 1. The lowest BCUT2D eigenvalue weighted by atomic mass is 9.89. The summed E-state index contributed by atoms with van der Waals surface area (Å²) in [6.07, 6.45) is 0.944. The van der Waals surface area contributed by atoms with Crippen LogP contribution in [0.2, 0.25) is 0 Å². The second-order valence-electron chi connectivity index (χ2n) is 6.26. The molecule has 0 radical (unpaired) electrons. The van der Waals surface area contributed by atoms with E-state index in [1.807, 2.05) is 6.07 Å². The first-order valence-electron chi connectivity index (χ1n) is 7.25. The average Bonchev–Trinajstić information content (AvgIpc) is 2.40. The number of nitrogens with one attached hydrogen (secondary N) is 1. The fraction of sp³-hybridized carbons (Fsp3) is 0.333. The third-order valence-corrected chi connectivity index (χ3v) is 4.39. The zero-order valence-electron chi connectivity index (χ0n) is 12.6. The monoisotopic (exact) mass is 345 g/mol. The Hall–Kier alpha value is -1.48. The lowest BCUT2D eigenvalue weighted by Gasteiger charge is -2.38. The number of hydrogen-bond donors (Lipinski definition) is 1. The Morgan fingerprint density at radius 2 is 1.95 bits per heavy atom. The molecule has 0 saturated carbocycles. The first-order chi connectivity index (χ1) is 9.94. The Bertz CT molecular complexity index is 666. The van der Waals surface area contributed by atoms with Crippen molar-refractivity contribution in [3.05, 3.63) is 58.1 Å². The summed E-state index contributed by atoms with van der Waals surface area (Å²) in [5.41, 5.74) is 3.50. The quantitative estimate of drug-likeness (QED) is 0.778. The second kappa shape index (κ2) is 5.38. The number of ether oxygens (including phenoxy) is 1. The molecule has 0 amide bonds. The van der Waals surface area contributed by atoms with Gasteiger partial charge in [0.05, 0.1) is 6.04 Å². The van der Waals surface area contributed by atoms with Crippen LogP contribution in [0.1, 0.15) is 37.4 Å². The summed E-state index contributed by atoms with van der Waals surface area (Å²) in [6, 6.07) is 14.9. The lowest BCUT2D eigenvalue weighted by Crippen LogP contribution is -2.37. The van der Waals surface area contributed by atoms with E-state index >= 15 is 0 Å². The zero-order chi connectivity index (χ0) is 15.0. The fourth-order valence-corrected chi connectivity index (χ4v) is 3.38. The van der Waals surface area contributed by atoms with Gasteiger partial charge in [-0.15, -0.1) is 0 Å². The molecule has 1 N–H and O–H groups in total. The molecule has 0 fully saturated rings. The maximum atomic E-state index is 6.09. The standard InChI is InChI=1S/C18H20BrNO/c1-12-10-13(19)8-9-15(12)20-16-11-18(2,3)21-17-7-5-4-6-14(16)17/h4-10,16,20H,11H2,1-3H3. The maximum absolute atomic E-state index is 6.09. The van der Waals surface area contributed by atoms with Crippen molar-refractivity contribution in [3.8, 4) is 5.75 Å². The third-order valence-electron chi connectivity index (χ3n) is 3.89. The lowest BCUT2D eigenvalue weighted by molar-refractivity contribution is 0.0759. The molecule has 2 nitrogen and oxygen atoms in total. The van der Waals surface area contributed by atoms with Gasteiger partial charge in [0, 0.05) is 22.1 Å². The summed E-state index contributed by atoms with van der Waals surface area (Å²) in [6.45, 7) is 6.42. The fourth-order valence-electron chi connectivity index (χ4n) is 2.91. The van der Waals surface area contributed by atoms with Crippen LogP contribution in [0.25, 0.3) is 0 Å². The van der Waals surface area contributed by atoms with Gasteiger partial charge in [-0.25, -0.2) is 0 Å². The van der Waals surface area contributed by atoms with Crippen molar-refractivity contribution in [2.75, 3.05) is 5.32 Å². The number of fused-ring (bicyclic) bond motifs is 1. The second-order valence-corrected chi connectivity index (χ2v) is 7.18. The molecule has 1 aliphatic heterocycles. The first-order valence-corrected chi connectivity index (χ1v) is 8.04. The molecule has 0 aromatic heterocycles. The van der Waals surface area contributed by atoms with Crippen LogP contribution in [-0.4, -0.2) is 5.60 Å². The number of benzene rings is 2. The van der Waals surface area contributed by atoms with Gasteiger partial charge in [-0.1, -0.05) is 34.1 Å². The Labute approximate surface area is 134 Å². The van der Waals surface area contributed by atoms with Gasteiger partial charge in [-0.3, -0.25) is 0 Å². The van der Waals surface area contributed by atoms with E-state index in [1.54, 1.807) is 0 Å². The summed E-state index contributed by atoms with van der Waals surface area (Å²) in [5, 5.41) is 3.69. The van der Waals surface area contributed by atoms with Crippen LogP contribution in [0.3, 0.4) is 0 Å². The molecule has 1 aliphatic rings. The number of anilines is 1. The van der Waals surface area contributed by atoms with Crippen LogP contribution in [0.4, 0.5) is 5.69 Å². The van der Waals surface area contributed by atoms with Crippen LogP contribution in [0.5, 0.6) is 5.75 Å². The van der Waals surface area contributed by atoms with Gasteiger partial charge in [-0.2, -0.15) is 0 Å². The minimum atomic E-state index is -0.157. The zero-order valence-corrected chi connectivity index (χ0v) is 14.2.